The van der Waals surface area contributed by atoms with E-state index >= 15 is 0 Å². The number of aromatic nitrogens is 2. The van der Waals surface area contributed by atoms with Gasteiger partial charge in [0, 0.05) is 6.04 Å². The molecule has 1 aromatic rings. The van der Waals surface area contributed by atoms with Gasteiger partial charge in [-0.25, -0.2) is 4.98 Å². The molecule has 0 aliphatic heterocycles. The van der Waals surface area contributed by atoms with Crippen LogP contribution in [-0.4, -0.2) is 14.7 Å². The Morgan fingerprint density at radius 2 is 2.50 bits per heavy atom. The molecule has 12 heavy (non-hydrogen) atoms. The highest BCUT2D eigenvalue weighted by molar-refractivity contribution is 5.06. The summed E-state index contributed by atoms with van der Waals surface area (Å²) in [5.74, 6) is 0. The molecule has 1 N–H and O–H groups in total. The molecule has 0 aromatic carbocycles. The lowest BCUT2D eigenvalue weighted by atomic mass is 10.2. The number of aliphatic hydroxyl groups excluding tert-OH is 1. The molecule has 0 saturated heterocycles. The average molecular weight is 166 g/mol. The topological polar surface area (TPSA) is 38.1 Å². The van der Waals surface area contributed by atoms with E-state index in [0.717, 1.165) is 12.1 Å². The van der Waals surface area contributed by atoms with E-state index in [-0.39, 0.29) is 6.10 Å². The first-order valence-electron chi connectivity index (χ1n) is 4.52. The maximum Gasteiger partial charge on any atom is 0.0953 e. The van der Waals surface area contributed by atoms with Crippen LogP contribution >= 0.6 is 0 Å². The van der Waals surface area contributed by atoms with Crippen molar-refractivity contribution >= 4 is 0 Å². The zero-order valence-electron chi connectivity index (χ0n) is 7.27. The lowest BCUT2D eigenvalue weighted by molar-refractivity contribution is 0.164. The fraction of sp³-hybridized carbons (Fsp3) is 0.667. The van der Waals surface area contributed by atoms with Crippen LogP contribution < -0.4 is 0 Å². The molecule has 1 saturated carbocycles. The average Bonchev–Trinajstić information content (AvgIpc) is 2.83. The molecule has 1 aliphatic rings. The second-order valence-corrected chi connectivity index (χ2v) is 3.38. The summed E-state index contributed by atoms with van der Waals surface area (Å²) in [7, 11) is 0. The minimum absolute atomic E-state index is 0.340. The van der Waals surface area contributed by atoms with E-state index in [0.29, 0.717) is 6.04 Å². The van der Waals surface area contributed by atoms with Gasteiger partial charge < -0.3 is 9.67 Å². The Hall–Kier alpha value is -0.830. The van der Waals surface area contributed by atoms with Gasteiger partial charge in [-0.05, 0) is 19.3 Å². The van der Waals surface area contributed by atoms with Crippen molar-refractivity contribution in [1.29, 1.82) is 0 Å². The van der Waals surface area contributed by atoms with Crippen molar-refractivity contribution in [3.05, 3.63) is 18.2 Å². The summed E-state index contributed by atoms with van der Waals surface area (Å²) >= 11 is 0. The SMILES string of the molecule is CCC(O)c1cncn1C1CC1. The molecule has 1 unspecified atom stereocenters. The first kappa shape index (κ1) is 7.80. The molecule has 1 fully saturated rings. The van der Waals surface area contributed by atoms with Gasteiger partial charge in [0.25, 0.3) is 0 Å². The third-order valence-corrected chi connectivity index (χ3v) is 2.36. The predicted molar refractivity (Wildman–Crippen MR) is 45.7 cm³/mol. The van der Waals surface area contributed by atoms with E-state index in [1.165, 1.54) is 12.8 Å². The fourth-order valence-electron chi connectivity index (χ4n) is 1.44. The number of nitrogens with zero attached hydrogens (tertiary/aromatic N) is 2. The van der Waals surface area contributed by atoms with E-state index in [1.807, 2.05) is 13.3 Å². The fourth-order valence-corrected chi connectivity index (χ4v) is 1.44. The van der Waals surface area contributed by atoms with Gasteiger partial charge >= 0.3 is 0 Å². The smallest absolute Gasteiger partial charge is 0.0953 e. The Kier molecular flexibility index (Phi) is 1.89. The van der Waals surface area contributed by atoms with Crippen LogP contribution in [-0.2, 0) is 0 Å². The van der Waals surface area contributed by atoms with Gasteiger partial charge in [-0.15, -0.1) is 0 Å². The minimum Gasteiger partial charge on any atom is -0.387 e. The maximum absolute atomic E-state index is 9.61. The van der Waals surface area contributed by atoms with Crippen LogP contribution in [0.2, 0.25) is 0 Å². The summed E-state index contributed by atoms with van der Waals surface area (Å²) in [5, 5.41) is 9.61. The Bertz CT molecular complexity index is 265. The minimum atomic E-state index is -0.340. The molecule has 1 atom stereocenters. The molecule has 66 valence electrons. The molecule has 3 nitrogen and oxygen atoms in total. The van der Waals surface area contributed by atoms with Gasteiger partial charge in [0.2, 0.25) is 0 Å². The first-order chi connectivity index (χ1) is 5.83. The molecule has 0 spiro atoms. The van der Waals surface area contributed by atoms with Crippen molar-refractivity contribution < 1.29 is 5.11 Å². The highest BCUT2D eigenvalue weighted by atomic mass is 16.3. The van der Waals surface area contributed by atoms with Crippen molar-refractivity contribution in [3.8, 4) is 0 Å². The van der Waals surface area contributed by atoms with Crippen LogP contribution in [0.1, 0.15) is 44.0 Å². The normalized spacial score (nSPS) is 19.5. The van der Waals surface area contributed by atoms with E-state index in [1.54, 1.807) is 6.20 Å². The Balaban J connectivity index is 2.23. The summed E-state index contributed by atoms with van der Waals surface area (Å²) in [5.41, 5.74) is 0.972. The van der Waals surface area contributed by atoms with Crippen LogP contribution in [0.3, 0.4) is 0 Å². The van der Waals surface area contributed by atoms with Gasteiger partial charge in [-0.2, -0.15) is 0 Å². The van der Waals surface area contributed by atoms with Crippen molar-refractivity contribution in [2.24, 2.45) is 0 Å². The lowest BCUT2D eigenvalue weighted by Crippen LogP contribution is -2.04. The second-order valence-electron chi connectivity index (χ2n) is 3.38. The van der Waals surface area contributed by atoms with Crippen LogP contribution in [0.25, 0.3) is 0 Å². The van der Waals surface area contributed by atoms with Crippen molar-refractivity contribution in [2.75, 3.05) is 0 Å². The second kappa shape index (κ2) is 2.90. The Labute approximate surface area is 72.0 Å². The maximum atomic E-state index is 9.61. The standard InChI is InChI=1S/C9H14N2O/c1-2-9(12)8-5-10-6-11(8)7-3-4-7/h5-7,9,12H,2-4H2,1H3. The summed E-state index contributed by atoms with van der Waals surface area (Å²) in [4.78, 5) is 4.06. The summed E-state index contributed by atoms with van der Waals surface area (Å²) in [6.07, 6.45) is 6.49. The number of rotatable bonds is 3. The van der Waals surface area contributed by atoms with Gasteiger partial charge in [0.05, 0.1) is 24.3 Å². The Morgan fingerprint density at radius 3 is 3.08 bits per heavy atom. The molecule has 1 aromatic heterocycles. The quantitative estimate of drug-likeness (QED) is 0.741. The van der Waals surface area contributed by atoms with E-state index in [4.69, 9.17) is 0 Å². The molecule has 2 rings (SSSR count). The number of aliphatic hydroxyl groups is 1. The monoisotopic (exact) mass is 166 g/mol. The van der Waals surface area contributed by atoms with Crippen LogP contribution in [0.15, 0.2) is 12.5 Å². The number of hydrogen-bond acceptors (Lipinski definition) is 2. The number of imidazole rings is 1. The molecule has 1 aliphatic carbocycles. The summed E-state index contributed by atoms with van der Waals surface area (Å²) in [6, 6.07) is 0.615. The molecular weight excluding hydrogens is 152 g/mol. The molecule has 0 radical (unpaired) electrons. The molecule has 0 bridgehead atoms. The largest absolute Gasteiger partial charge is 0.387 e. The van der Waals surface area contributed by atoms with Gasteiger partial charge in [0.1, 0.15) is 0 Å². The van der Waals surface area contributed by atoms with Crippen LogP contribution in [0.4, 0.5) is 0 Å². The Morgan fingerprint density at radius 1 is 1.75 bits per heavy atom. The van der Waals surface area contributed by atoms with Crippen molar-refractivity contribution in [2.45, 2.75) is 38.3 Å². The highest BCUT2D eigenvalue weighted by Crippen LogP contribution is 2.37. The lowest BCUT2D eigenvalue weighted by Gasteiger charge is -2.10. The zero-order chi connectivity index (χ0) is 8.55. The third-order valence-electron chi connectivity index (χ3n) is 2.36. The third kappa shape index (κ3) is 1.25. The predicted octanol–water partition coefficient (Wildman–Crippen LogP) is 1.66. The van der Waals surface area contributed by atoms with E-state index in [2.05, 4.69) is 9.55 Å². The molecular formula is C9H14N2O. The molecule has 3 heteroatoms. The van der Waals surface area contributed by atoms with E-state index in [9.17, 15) is 5.11 Å². The van der Waals surface area contributed by atoms with Crippen LogP contribution in [0.5, 0.6) is 0 Å². The molecule has 1 heterocycles. The van der Waals surface area contributed by atoms with Gasteiger partial charge in [-0.3, -0.25) is 0 Å². The summed E-state index contributed by atoms with van der Waals surface area (Å²) < 4.78 is 2.11. The van der Waals surface area contributed by atoms with Crippen LogP contribution in [0, 0.1) is 0 Å². The number of hydrogen-bond donors (Lipinski definition) is 1. The first-order valence-corrected chi connectivity index (χ1v) is 4.52. The van der Waals surface area contributed by atoms with Crippen molar-refractivity contribution in [3.63, 3.8) is 0 Å². The summed E-state index contributed by atoms with van der Waals surface area (Å²) in [6.45, 7) is 1.98. The molecule has 0 amide bonds. The van der Waals surface area contributed by atoms with E-state index < -0.39 is 0 Å². The van der Waals surface area contributed by atoms with Crippen molar-refractivity contribution in [1.82, 2.24) is 9.55 Å². The highest BCUT2D eigenvalue weighted by Gasteiger charge is 2.26. The van der Waals surface area contributed by atoms with Gasteiger partial charge in [0.15, 0.2) is 0 Å². The van der Waals surface area contributed by atoms with Gasteiger partial charge in [-0.1, -0.05) is 6.92 Å². The zero-order valence-corrected chi connectivity index (χ0v) is 7.27.